The lowest BCUT2D eigenvalue weighted by Crippen LogP contribution is -2.30. The van der Waals surface area contributed by atoms with Crippen molar-refractivity contribution in [3.63, 3.8) is 0 Å². The van der Waals surface area contributed by atoms with Gasteiger partial charge in [0.05, 0.1) is 0 Å². The van der Waals surface area contributed by atoms with Gasteiger partial charge in [0, 0.05) is 50.4 Å². The van der Waals surface area contributed by atoms with Crippen molar-refractivity contribution in [3.05, 3.63) is 30.1 Å². The van der Waals surface area contributed by atoms with Crippen LogP contribution >= 0.6 is 0 Å². The van der Waals surface area contributed by atoms with E-state index < -0.39 is 0 Å². The van der Waals surface area contributed by atoms with Crippen molar-refractivity contribution in [3.8, 4) is 0 Å². The van der Waals surface area contributed by atoms with Crippen molar-refractivity contribution in [2.45, 2.75) is 25.8 Å². The van der Waals surface area contributed by atoms with Gasteiger partial charge in [0.15, 0.2) is 0 Å². The molecule has 20 heavy (non-hydrogen) atoms. The summed E-state index contributed by atoms with van der Waals surface area (Å²) in [6.45, 7) is 3.36. The number of amides is 1. The Kier molecular flexibility index (Phi) is 3.97. The van der Waals surface area contributed by atoms with Crippen molar-refractivity contribution >= 4 is 16.9 Å². The summed E-state index contributed by atoms with van der Waals surface area (Å²) in [6, 6.07) is 4.00. The van der Waals surface area contributed by atoms with E-state index in [1.165, 1.54) is 5.56 Å². The number of nitrogens with zero attached hydrogens (tertiary/aromatic N) is 2. The molecule has 2 aromatic heterocycles. The Morgan fingerprint density at radius 1 is 1.40 bits per heavy atom. The molecule has 3 rings (SSSR count). The van der Waals surface area contributed by atoms with Crippen molar-refractivity contribution in [1.82, 2.24) is 20.2 Å². The van der Waals surface area contributed by atoms with Crippen LogP contribution in [-0.4, -0.2) is 40.4 Å². The molecular weight excluding hydrogens is 252 g/mol. The van der Waals surface area contributed by atoms with E-state index in [9.17, 15) is 4.79 Å². The molecule has 0 aliphatic carbocycles. The zero-order valence-electron chi connectivity index (χ0n) is 11.6. The minimum absolute atomic E-state index is 0.274. The van der Waals surface area contributed by atoms with E-state index in [1.54, 1.807) is 6.20 Å². The van der Waals surface area contributed by atoms with E-state index >= 15 is 0 Å². The average molecular weight is 272 g/mol. The first-order valence-electron chi connectivity index (χ1n) is 7.24. The molecule has 0 radical (unpaired) electrons. The number of likely N-dealkylation sites (tertiary alicyclic amines) is 1. The number of pyridine rings is 1. The van der Waals surface area contributed by atoms with Crippen molar-refractivity contribution in [2.75, 3.05) is 19.6 Å². The standard InChI is InChI=1S/C15H20N4O/c20-14(19-8-1-2-9-19)5-7-16-10-12-11-18-15-13(12)4-3-6-17-15/h3-4,6,11,16H,1-2,5,7-10H2,(H,17,18). The van der Waals surface area contributed by atoms with Crippen LogP contribution in [0.2, 0.25) is 0 Å². The number of aromatic nitrogens is 2. The predicted molar refractivity (Wildman–Crippen MR) is 78.2 cm³/mol. The number of aromatic amines is 1. The Morgan fingerprint density at radius 3 is 3.10 bits per heavy atom. The number of nitrogens with one attached hydrogen (secondary N) is 2. The Hall–Kier alpha value is -1.88. The molecule has 1 saturated heterocycles. The lowest BCUT2D eigenvalue weighted by Gasteiger charge is -2.15. The SMILES string of the molecule is O=C(CCNCc1c[nH]c2ncccc12)N1CCCC1. The van der Waals surface area contributed by atoms with E-state index in [0.29, 0.717) is 6.42 Å². The number of carbonyl (C=O) groups is 1. The van der Waals surface area contributed by atoms with Crippen molar-refractivity contribution in [2.24, 2.45) is 0 Å². The number of rotatable bonds is 5. The minimum Gasteiger partial charge on any atom is -0.346 e. The summed E-state index contributed by atoms with van der Waals surface area (Å²) >= 11 is 0. The molecule has 1 aliphatic rings. The van der Waals surface area contributed by atoms with Crippen LogP contribution in [0, 0.1) is 0 Å². The quantitative estimate of drug-likeness (QED) is 0.814. The predicted octanol–water partition coefficient (Wildman–Crippen LogP) is 1.67. The van der Waals surface area contributed by atoms with Gasteiger partial charge in [-0.2, -0.15) is 0 Å². The number of carbonyl (C=O) groups excluding carboxylic acids is 1. The van der Waals surface area contributed by atoms with Gasteiger partial charge in [0.25, 0.3) is 0 Å². The summed E-state index contributed by atoms with van der Waals surface area (Å²) in [4.78, 5) is 21.3. The minimum atomic E-state index is 0.274. The summed E-state index contributed by atoms with van der Waals surface area (Å²) in [5.74, 6) is 0.274. The Balaban J connectivity index is 1.47. The molecule has 0 spiro atoms. The van der Waals surface area contributed by atoms with Gasteiger partial charge in [0.1, 0.15) is 5.65 Å². The molecule has 0 unspecified atom stereocenters. The third-order valence-electron chi connectivity index (χ3n) is 3.83. The monoisotopic (exact) mass is 272 g/mol. The van der Waals surface area contributed by atoms with Gasteiger partial charge in [-0.25, -0.2) is 4.98 Å². The maximum atomic E-state index is 11.9. The summed E-state index contributed by atoms with van der Waals surface area (Å²) in [5.41, 5.74) is 2.11. The maximum Gasteiger partial charge on any atom is 0.223 e. The fraction of sp³-hybridized carbons (Fsp3) is 0.467. The van der Waals surface area contributed by atoms with Gasteiger partial charge in [-0.1, -0.05) is 0 Å². The van der Waals surface area contributed by atoms with E-state index in [4.69, 9.17) is 0 Å². The molecule has 2 N–H and O–H groups in total. The largest absolute Gasteiger partial charge is 0.346 e. The third-order valence-corrected chi connectivity index (χ3v) is 3.83. The molecular formula is C15H20N4O. The fourth-order valence-corrected chi connectivity index (χ4v) is 2.70. The van der Waals surface area contributed by atoms with Crippen LogP contribution in [0.4, 0.5) is 0 Å². The molecule has 0 aromatic carbocycles. The van der Waals surface area contributed by atoms with Crippen LogP contribution in [0.15, 0.2) is 24.5 Å². The van der Waals surface area contributed by atoms with Crippen molar-refractivity contribution < 1.29 is 4.79 Å². The molecule has 5 nitrogen and oxygen atoms in total. The van der Waals surface area contributed by atoms with Crippen LogP contribution in [0.3, 0.4) is 0 Å². The molecule has 106 valence electrons. The summed E-state index contributed by atoms with van der Waals surface area (Å²) in [7, 11) is 0. The molecule has 1 fully saturated rings. The summed E-state index contributed by atoms with van der Waals surface area (Å²) in [6.07, 6.45) is 6.65. The molecule has 3 heterocycles. The third kappa shape index (κ3) is 2.82. The molecule has 0 atom stereocenters. The topological polar surface area (TPSA) is 61.0 Å². The maximum absolute atomic E-state index is 11.9. The Labute approximate surface area is 118 Å². The van der Waals surface area contributed by atoms with Crippen LogP contribution in [0.5, 0.6) is 0 Å². The van der Waals surface area contributed by atoms with Gasteiger partial charge in [-0.05, 0) is 30.5 Å². The second-order valence-electron chi connectivity index (χ2n) is 5.23. The molecule has 1 amide bonds. The average Bonchev–Trinajstić information content (AvgIpc) is 3.13. The van der Waals surface area contributed by atoms with Crippen LogP contribution in [-0.2, 0) is 11.3 Å². The number of fused-ring (bicyclic) bond motifs is 1. The zero-order valence-corrected chi connectivity index (χ0v) is 11.6. The van der Waals surface area contributed by atoms with Crippen LogP contribution < -0.4 is 5.32 Å². The second kappa shape index (κ2) is 6.05. The number of hydrogen-bond donors (Lipinski definition) is 2. The molecule has 1 aliphatic heterocycles. The Bertz CT molecular complexity index is 586. The lowest BCUT2D eigenvalue weighted by molar-refractivity contribution is -0.130. The molecule has 2 aromatic rings. The smallest absolute Gasteiger partial charge is 0.223 e. The first-order valence-corrected chi connectivity index (χ1v) is 7.24. The molecule has 0 bridgehead atoms. The fourth-order valence-electron chi connectivity index (χ4n) is 2.70. The van der Waals surface area contributed by atoms with Crippen LogP contribution in [0.1, 0.15) is 24.8 Å². The summed E-state index contributed by atoms with van der Waals surface area (Å²) in [5, 5.41) is 4.48. The van der Waals surface area contributed by atoms with Gasteiger partial charge in [0.2, 0.25) is 5.91 Å². The van der Waals surface area contributed by atoms with Gasteiger partial charge in [-0.15, -0.1) is 0 Å². The van der Waals surface area contributed by atoms with E-state index in [-0.39, 0.29) is 5.91 Å². The highest BCUT2D eigenvalue weighted by molar-refractivity contribution is 5.79. The lowest BCUT2D eigenvalue weighted by atomic mass is 10.2. The first-order chi connectivity index (χ1) is 9.84. The number of hydrogen-bond acceptors (Lipinski definition) is 3. The van der Waals surface area contributed by atoms with Crippen LogP contribution in [0.25, 0.3) is 11.0 Å². The van der Waals surface area contributed by atoms with Gasteiger partial charge >= 0.3 is 0 Å². The summed E-state index contributed by atoms with van der Waals surface area (Å²) < 4.78 is 0. The normalized spacial score (nSPS) is 15.1. The Morgan fingerprint density at radius 2 is 2.25 bits per heavy atom. The van der Waals surface area contributed by atoms with E-state index in [0.717, 1.165) is 50.1 Å². The van der Waals surface area contributed by atoms with Gasteiger partial charge < -0.3 is 15.2 Å². The highest BCUT2D eigenvalue weighted by Crippen LogP contribution is 2.15. The zero-order chi connectivity index (χ0) is 13.8. The number of H-pyrrole nitrogens is 1. The second-order valence-corrected chi connectivity index (χ2v) is 5.23. The highest BCUT2D eigenvalue weighted by Gasteiger charge is 2.16. The van der Waals surface area contributed by atoms with Gasteiger partial charge in [-0.3, -0.25) is 4.79 Å². The van der Waals surface area contributed by atoms with Crippen molar-refractivity contribution in [1.29, 1.82) is 0 Å². The highest BCUT2D eigenvalue weighted by atomic mass is 16.2. The van der Waals surface area contributed by atoms with E-state index in [2.05, 4.69) is 21.4 Å². The van der Waals surface area contributed by atoms with E-state index in [1.807, 2.05) is 17.2 Å². The first kappa shape index (κ1) is 13.1. The molecule has 0 saturated carbocycles. The molecule has 5 heteroatoms.